The van der Waals surface area contributed by atoms with Crippen LogP contribution in [-0.2, 0) is 9.53 Å². The first kappa shape index (κ1) is 10.9. The van der Waals surface area contributed by atoms with Gasteiger partial charge in [0.1, 0.15) is 0 Å². The molecule has 2 heterocycles. The lowest BCUT2D eigenvalue weighted by molar-refractivity contribution is -0.132. The summed E-state index contributed by atoms with van der Waals surface area (Å²) in [4.78, 5) is 13.4. The summed E-state index contributed by atoms with van der Waals surface area (Å²) in [5.74, 6) is 0.244. The van der Waals surface area contributed by atoms with Gasteiger partial charge in [-0.3, -0.25) is 4.79 Å². The summed E-state index contributed by atoms with van der Waals surface area (Å²) >= 11 is 0. The van der Waals surface area contributed by atoms with Crippen LogP contribution in [-0.4, -0.2) is 49.7 Å². The van der Waals surface area contributed by atoms with Gasteiger partial charge in [0.15, 0.2) is 0 Å². The van der Waals surface area contributed by atoms with E-state index in [-0.39, 0.29) is 5.91 Å². The van der Waals surface area contributed by atoms with Crippen LogP contribution in [0.1, 0.15) is 25.7 Å². The first-order valence-corrected chi connectivity index (χ1v) is 5.96. The van der Waals surface area contributed by atoms with Crippen molar-refractivity contribution < 1.29 is 9.53 Å². The van der Waals surface area contributed by atoms with Crippen molar-refractivity contribution in [3.8, 4) is 0 Å². The fourth-order valence-corrected chi connectivity index (χ4v) is 2.26. The van der Waals surface area contributed by atoms with E-state index in [1.807, 2.05) is 4.90 Å². The quantitative estimate of drug-likeness (QED) is 0.732. The van der Waals surface area contributed by atoms with Gasteiger partial charge in [-0.2, -0.15) is 0 Å². The Kier molecular flexibility index (Phi) is 3.97. The number of rotatable bonds is 4. The molecule has 0 bridgehead atoms. The molecule has 0 aromatic heterocycles. The molecular weight excluding hydrogens is 192 g/mol. The van der Waals surface area contributed by atoms with Crippen LogP contribution in [0.25, 0.3) is 0 Å². The van der Waals surface area contributed by atoms with E-state index >= 15 is 0 Å². The normalized spacial score (nSPS) is 27.3. The SMILES string of the molecule is O=C1CNCCN1CCCC1CCCO1. The molecule has 1 amide bonds. The zero-order valence-electron chi connectivity index (χ0n) is 9.21. The number of carbonyl (C=O) groups is 1. The number of ether oxygens (including phenoxy) is 1. The minimum absolute atomic E-state index is 0.244. The van der Waals surface area contributed by atoms with Crippen molar-refractivity contribution in [2.24, 2.45) is 0 Å². The Balaban J connectivity index is 1.61. The second kappa shape index (κ2) is 5.47. The number of carbonyl (C=O) groups excluding carboxylic acids is 1. The smallest absolute Gasteiger partial charge is 0.236 e. The molecule has 0 aromatic carbocycles. The van der Waals surface area contributed by atoms with Gasteiger partial charge in [0.2, 0.25) is 5.91 Å². The van der Waals surface area contributed by atoms with Crippen LogP contribution >= 0.6 is 0 Å². The first-order valence-electron chi connectivity index (χ1n) is 5.96. The van der Waals surface area contributed by atoms with Crippen molar-refractivity contribution >= 4 is 5.91 Å². The van der Waals surface area contributed by atoms with Crippen LogP contribution in [0.15, 0.2) is 0 Å². The van der Waals surface area contributed by atoms with Crippen LogP contribution in [0.3, 0.4) is 0 Å². The van der Waals surface area contributed by atoms with Gasteiger partial charge in [-0.05, 0) is 25.7 Å². The van der Waals surface area contributed by atoms with E-state index in [9.17, 15) is 4.79 Å². The molecule has 86 valence electrons. The lowest BCUT2D eigenvalue weighted by Crippen LogP contribution is -2.48. The van der Waals surface area contributed by atoms with Crippen LogP contribution in [0.2, 0.25) is 0 Å². The van der Waals surface area contributed by atoms with Crippen LogP contribution in [0.4, 0.5) is 0 Å². The second-order valence-corrected chi connectivity index (χ2v) is 4.33. The number of hydrogen-bond donors (Lipinski definition) is 1. The Morgan fingerprint density at radius 1 is 1.53 bits per heavy atom. The Morgan fingerprint density at radius 2 is 2.47 bits per heavy atom. The summed E-state index contributed by atoms with van der Waals surface area (Å²) in [6, 6.07) is 0. The van der Waals surface area contributed by atoms with E-state index in [1.165, 1.54) is 12.8 Å². The number of hydrogen-bond acceptors (Lipinski definition) is 3. The Hall–Kier alpha value is -0.610. The zero-order valence-corrected chi connectivity index (χ0v) is 9.21. The molecular formula is C11H20N2O2. The lowest BCUT2D eigenvalue weighted by Gasteiger charge is -2.27. The predicted octanol–water partition coefficient (Wildman–Crippen LogP) is 0.377. The molecule has 2 aliphatic rings. The minimum atomic E-state index is 0.244. The highest BCUT2D eigenvalue weighted by atomic mass is 16.5. The van der Waals surface area contributed by atoms with Gasteiger partial charge in [-0.25, -0.2) is 0 Å². The Morgan fingerprint density at radius 3 is 3.20 bits per heavy atom. The molecule has 0 aliphatic carbocycles. The monoisotopic (exact) mass is 212 g/mol. The van der Waals surface area contributed by atoms with Crippen molar-refractivity contribution in [1.82, 2.24) is 10.2 Å². The van der Waals surface area contributed by atoms with Crippen LogP contribution < -0.4 is 5.32 Å². The average Bonchev–Trinajstić information content (AvgIpc) is 2.74. The molecule has 4 nitrogen and oxygen atoms in total. The molecule has 0 aromatic rings. The van der Waals surface area contributed by atoms with Crippen molar-refractivity contribution in [3.05, 3.63) is 0 Å². The standard InChI is InChI=1S/C11H20N2O2/c14-11-9-12-5-7-13(11)6-1-3-10-4-2-8-15-10/h10,12H,1-9H2. The third kappa shape index (κ3) is 3.18. The van der Waals surface area contributed by atoms with Gasteiger partial charge < -0.3 is 15.0 Å². The maximum absolute atomic E-state index is 11.5. The summed E-state index contributed by atoms with van der Waals surface area (Å²) < 4.78 is 5.55. The summed E-state index contributed by atoms with van der Waals surface area (Å²) in [6.07, 6.45) is 5.06. The highest BCUT2D eigenvalue weighted by Crippen LogP contribution is 2.16. The number of amides is 1. The first-order chi connectivity index (χ1) is 7.36. The van der Waals surface area contributed by atoms with E-state index in [0.29, 0.717) is 12.6 Å². The van der Waals surface area contributed by atoms with Gasteiger partial charge in [0.25, 0.3) is 0 Å². The molecule has 4 heteroatoms. The molecule has 0 saturated carbocycles. The molecule has 0 spiro atoms. The van der Waals surface area contributed by atoms with E-state index < -0.39 is 0 Å². The fourth-order valence-electron chi connectivity index (χ4n) is 2.26. The summed E-state index contributed by atoms with van der Waals surface area (Å²) in [5, 5.41) is 3.08. The number of nitrogens with one attached hydrogen (secondary N) is 1. The third-order valence-corrected chi connectivity index (χ3v) is 3.17. The van der Waals surface area contributed by atoms with Gasteiger partial charge >= 0.3 is 0 Å². The molecule has 2 saturated heterocycles. The molecule has 1 unspecified atom stereocenters. The van der Waals surface area contributed by atoms with E-state index in [2.05, 4.69) is 5.32 Å². The summed E-state index contributed by atoms with van der Waals surface area (Å²) in [7, 11) is 0. The molecule has 1 atom stereocenters. The van der Waals surface area contributed by atoms with E-state index in [4.69, 9.17) is 4.74 Å². The van der Waals surface area contributed by atoms with Crippen LogP contribution in [0.5, 0.6) is 0 Å². The fraction of sp³-hybridized carbons (Fsp3) is 0.909. The van der Waals surface area contributed by atoms with Gasteiger partial charge in [-0.1, -0.05) is 0 Å². The largest absolute Gasteiger partial charge is 0.378 e. The lowest BCUT2D eigenvalue weighted by atomic mass is 10.1. The van der Waals surface area contributed by atoms with E-state index in [0.717, 1.165) is 39.1 Å². The molecule has 0 radical (unpaired) electrons. The average molecular weight is 212 g/mol. The van der Waals surface area contributed by atoms with Crippen LogP contribution in [0, 0.1) is 0 Å². The third-order valence-electron chi connectivity index (χ3n) is 3.17. The Labute approximate surface area is 91.0 Å². The Bertz CT molecular complexity index is 215. The number of nitrogens with zero attached hydrogens (tertiary/aromatic N) is 1. The van der Waals surface area contributed by atoms with Gasteiger partial charge in [0.05, 0.1) is 12.6 Å². The zero-order chi connectivity index (χ0) is 10.5. The minimum Gasteiger partial charge on any atom is -0.378 e. The molecule has 1 N–H and O–H groups in total. The predicted molar refractivity (Wildman–Crippen MR) is 57.7 cm³/mol. The topological polar surface area (TPSA) is 41.6 Å². The second-order valence-electron chi connectivity index (χ2n) is 4.33. The highest BCUT2D eigenvalue weighted by Gasteiger charge is 2.19. The van der Waals surface area contributed by atoms with Crippen molar-refractivity contribution in [3.63, 3.8) is 0 Å². The maximum Gasteiger partial charge on any atom is 0.236 e. The molecule has 15 heavy (non-hydrogen) atoms. The van der Waals surface area contributed by atoms with E-state index in [1.54, 1.807) is 0 Å². The van der Waals surface area contributed by atoms with Gasteiger partial charge in [0, 0.05) is 26.2 Å². The summed E-state index contributed by atoms with van der Waals surface area (Å²) in [5.41, 5.74) is 0. The maximum atomic E-state index is 11.5. The number of piperazine rings is 1. The molecule has 2 fully saturated rings. The van der Waals surface area contributed by atoms with Crippen molar-refractivity contribution in [2.75, 3.05) is 32.8 Å². The molecule has 2 aliphatic heterocycles. The molecule has 2 rings (SSSR count). The van der Waals surface area contributed by atoms with Gasteiger partial charge in [-0.15, -0.1) is 0 Å². The summed E-state index contributed by atoms with van der Waals surface area (Å²) in [6.45, 7) is 4.15. The van der Waals surface area contributed by atoms with Crippen molar-refractivity contribution in [1.29, 1.82) is 0 Å². The van der Waals surface area contributed by atoms with Crippen molar-refractivity contribution in [2.45, 2.75) is 31.8 Å². The highest BCUT2D eigenvalue weighted by molar-refractivity contribution is 5.78.